The topological polar surface area (TPSA) is 71.4 Å². The molecule has 4 nitrogen and oxygen atoms in total. The average molecular weight is 252 g/mol. The molecule has 17 heavy (non-hydrogen) atoms. The average Bonchev–Trinajstić information content (AvgIpc) is 2.51. The van der Waals surface area contributed by atoms with E-state index in [0.29, 0.717) is 5.56 Å². The lowest BCUT2D eigenvalue weighted by Crippen LogP contribution is -2.12. The van der Waals surface area contributed by atoms with Crippen molar-refractivity contribution < 1.29 is 18.3 Å². The van der Waals surface area contributed by atoms with Crippen LogP contribution in [0.4, 0.5) is 0 Å². The summed E-state index contributed by atoms with van der Waals surface area (Å²) in [6, 6.07) is 6.67. The first-order valence-corrected chi connectivity index (χ1v) is 6.69. The van der Waals surface area contributed by atoms with Crippen LogP contribution in [0.25, 0.3) is 6.08 Å². The molecule has 0 saturated heterocycles. The van der Waals surface area contributed by atoms with Gasteiger partial charge in [0.15, 0.2) is 0 Å². The Morgan fingerprint density at radius 2 is 2.00 bits per heavy atom. The van der Waals surface area contributed by atoms with E-state index in [9.17, 15) is 13.2 Å². The SMILES string of the molecule is CC(CC1=Cc2ccccc2S1(=O)=O)C(=O)O. The largest absolute Gasteiger partial charge is 0.481 e. The molecule has 5 heteroatoms. The molecule has 1 atom stereocenters. The van der Waals surface area contributed by atoms with Crippen LogP contribution in [0.2, 0.25) is 0 Å². The van der Waals surface area contributed by atoms with Crippen molar-refractivity contribution in [1.82, 2.24) is 0 Å². The minimum absolute atomic E-state index is 0.0341. The third-order valence-electron chi connectivity index (χ3n) is 2.80. The van der Waals surface area contributed by atoms with Crippen LogP contribution in [-0.4, -0.2) is 19.5 Å². The Kier molecular flexibility index (Phi) is 2.79. The van der Waals surface area contributed by atoms with Crippen LogP contribution in [0, 0.1) is 5.92 Å². The standard InChI is InChI=1S/C12H12O4S/c1-8(12(13)14)6-10-7-9-4-2-3-5-11(9)17(10,15)16/h2-5,7-8H,6H2,1H3,(H,13,14). The highest BCUT2D eigenvalue weighted by atomic mass is 32.2. The predicted molar refractivity (Wildman–Crippen MR) is 63.0 cm³/mol. The highest BCUT2D eigenvalue weighted by Gasteiger charge is 2.31. The highest BCUT2D eigenvalue weighted by molar-refractivity contribution is 7.95. The Labute approximate surface area is 99.5 Å². The van der Waals surface area contributed by atoms with E-state index in [2.05, 4.69) is 0 Å². The van der Waals surface area contributed by atoms with Crippen molar-refractivity contribution in [3.05, 3.63) is 34.7 Å². The van der Waals surface area contributed by atoms with Crippen molar-refractivity contribution in [2.24, 2.45) is 5.92 Å². The molecule has 1 aliphatic rings. The lowest BCUT2D eigenvalue weighted by atomic mass is 10.1. The maximum atomic E-state index is 12.1. The second-order valence-corrected chi connectivity index (χ2v) is 6.07. The van der Waals surface area contributed by atoms with Crippen LogP contribution in [0.15, 0.2) is 34.1 Å². The molecule has 90 valence electrons. The molecule has 1 N–H and O–H groups in total. The van der Waals surface area contributed by atoms with Crippen molar-refractivity contribution in [3.8, 4) is 0 Å². The fraction of sp³-hybridized carbons (Fsp3) is 0.250. The molecule has 1 aliphatic heterocycles. The second kappa shape index (κ2) is 4.00. The summed E-state index contributed by atoms with van der Waals surface area (Å²) >= 11 is 0. The van der Waals surface area contributed by atoms with Crippen molar-refractivity contribution in [2.45, 2.75) is 18.2 Å². The van der Waals surface area contributed by atoms with Crippen molar-refractivity contribution in [2.75, 3.05) is 0 Å². The Morgan fingerprint density at radius 1 is 1.35 bits per heavy atom. The number of benzene rings is 1. The molecule has 0 amide bonds. The van der Waals surface area contributed by atoms with E-state index in [-0.39, 0.29) is 16.2 Å². The van der Waals surface area contributed by atoms with Gasteiger partial charge in [0.2, 0.25) is 9.84 Å². The number of carboxylic acid groups (broad SMARTS) is 1. The van der Waals surface area contributed by atoms with E-state index in [1.54, 1.807) is 30.3 Å². The monoisotopic (exact) mass is 252 g/mol. The zero-order valence-corrected chi connectivity index (χ0v) is 10.1. The smallest absolute Gasteiger partial charge is 0.306 e. The zero-order valence-electron chi connectivity index (χ0n) is 9.25. The number of carboxylic acids is 1. The zero-order chi connectivity index (χ0) is 12.6. The number of hydrogen-bond acceptors (Lipinski definition) is 3. The lowest BCUT2D eigenvalue weighted by molar-refractivity contribution is -0.141. The van der Waals surface area contributed by atoms with Gasteiger partial charge in [-0.2, -0.15) is 0 Å². The highest BCUT2D eigenvalue weighted by Crippen LogP contribution is 2.35. The molecule has 1 heterocycles. The predicted octanol–water partition coefficient (Wildman–Crippen LogP) is 1.93. The first-order chi connectivity index (χ1) is 7.93. The summed E-state index contributed by atoms with van der Waals surface area (Å²) in [4.78, 5) is 11.2. The number of carbonyl (C=O) groups is 1. The summed E-state index contributed by atoms with van der Waals surface area (Å²) in [5, 5.41) is 8.81. The minimum Gasteiger partial charge on any atom is -0.481 e. The first-order valence-electron chi connectivity index (χ1n) is 5.20. The molecule has 0 fully saturated rings. The van der Waals surface area contributed by atoms with Gasteiger partial charge in [0.05, 0.1) is 15.7 Å². The van der Waals surface area contributed by atoms with Gasteiger partial charge in [-0.25, -0.2) is 8.42 Å². The van der Waals surface area contributed by atoms with Gasteiger partial charge in [0.1, 0.15) is 0 Å². The molecule has 1 unspecified atom stereocenters. The van der Waals surface area contributed by atoms with Crippen LogP contribution in [0.3, 0.4) is 0 Å². The number of sulfone groups is 1. The summed E-state index contributed by atoms with van der Waals surface area (Å²) < 4.78 is 24.2. The number of allylic oxidation sites excluding steroid dienone is 1. The van der Waals surface area contributed by atoms with Crippen LogP contribution in [0.5, 0.6) is 0 Å². The molecule has 0 radical (unpaired) electrons. The molecule has 0 bridgehead atoms. The summed E-state index contributed by atoms with van der Waals surface area (Å²) in [7, 11) is -3.48. The Morgan fingerprint density at radius 3 is 2.59 bits per heavy atom. The van der Waals surface area contributed by atoms with Crippen LogP contribution in [0.1, 0.15) is 18.9 Å². The normalized spacial score (nSPS) is 18.3. The molecule has 2 rings (SSSR count). The maximum Gasteiger partial charge on any atom is 0.306 e. The number of hydrogen-bond donors (Lipinski definition) is 1. The van der Waals surface area contributed by atoms with Crippen LogP contribution in [-0.2, 0) is 14.6 Å². The van der Waals surface area contributed by atoms with E-state index in [4.69, 9.17) is 5.11 Å². The molecule has 1 aromatic carbocycles. The fourth-order valence-corrected chi connectivity index (χ4v) is 3.52. The van der Waals surface area contributed by atoms with Gasteiger partial charge in [0.25, 0.3) is 0 Å². The van der Waals surface area contributed by atoms with Crippen LogP contribution >= 0.6 is 0 Å². The van der Waals surface area contributed by atoms with E-state index >= 15 is 0 Å². The summed E-state index contributed by atoms with van der Waals surface area (Å²) in [6.07, 6.45) is 1.59. The van der Waals surface area contributed by atoms with Crippen molar-refractivity contribution in [3.63, 3.8) is 0 Å². The Bertz CT molecular complexity index is 599. The molecular formula is C12H12O4S. The van der Waals surface area contributed by atoms with Gasteiger partial charge in [0, 0.05) is 0 Å². The fourth-order valence-electron chi connectivity index (χ4n) is 1.79. The first kappa shape index (κ1) is 11.9. The van der Waals surface area contributed by atoms with E-state index in [1.807, 2.05) is 0 Å². The van der Waals surface area contributed by atoms with Gasteiger partial charge in [-0.15, -0.1) is 0 Å². The molecule has 1 aromatic rings. The third-order valence-corrected chi connectivity index (χ3v) is 4.72. The molecule has 0 aliphatic carbocycles. The molecule has 0 aromatic heterocycles. The quantitative estimate of drug-likeness (QED) is 0.892. The number of aliphatic carboxylic acids is 1. The molecule has 0 saturated carbocycles. The molecular weight excluding hydrogens is 240 g/mol. The third kappa shape index (κ3) is 1.98. The van der Waals surface area contributed by atoms with Crippen molar-refractivity contribution in [1.29, 1.82) is 0 Å². The number of rotatable bonds is 3. The second-order valence-electron chi connectivity index (χ2n) is 4.10. The number of fused-ring (bicyclic) bond motifs is 1. The van der Waals surface area contributed by atoms with E-state index in [0.717, 1.165) is 0 Å². The van der Waals surface area contributed by atoms with Gasteiger partial charge >= 0.3 is 5.97 Å². The summed E-state index contributed by atoms with van der Waals surface area (Å²) in [5.74, 6) is -1.69. The van der Waals surface area contributed by atoms with Gasteiger partial charge in [-0.3, -0.25) is 4.79 Å². The maximum absolute atomic E-state index is 12.1. The Hall–Kier alpha value is -1.62. The summed E-state index contributed by atoms with van der Waals surface area (Å²) in [5.41, 5.74) is 0.639. The van der Waals surface area contributed by atoms with Gasteiger partial charge in [-0.05, 0) is 24.1 Å². The van der Waals surface area contributed by atoms with Crippen LogP contribution < -0.4 is 0 Å². The van der Waals surface area contributed by atoms with Gasteiger partial charge in [-0.1, -0.05) is 25.1 Å². The lowest BCUT2D eigenvalue weighted by Gasteiger charge is -2.07. The van der Waals surface area contributed by atoms with Gasteiger partial charge < -0.3 is 5.11 Å². The van der Waals surface area contributed by atoms with E-state index in [1.165, 1.54) is 6.92 Å². The summed E-state index contributed by atoms with van der Waals surface area (Å²) in [6.45, 7) is 1.50. The minimum atomic E-state index is -3.48. The van der Waals surface area contributed by atoms with Crippen molar-refractivity contribution >= 4 is 21.9 Å². The van der Waals surface area contributed by atoms with E-state index < -0.39 is 21.7 Å². The Balaban J connectivity index is 2.38. The molecule has 0 spiro atoms.